The van der Waals surface area contributed by atoms with Crippen molar-refractivity contribution in [2.75, 3.05) is 6.61 Å². The van der Waals surface area contributed by atoms with Crippen molar-refractivity contribution in [2.45, 2.75) is 26.9 Å². The van der Waals surface area contributed by atoms with E-state index in [9.17, 15) is 0 Å². The zero-order valence-electron chi connectivity index (χ0n) is 10.1. The summed E-state index contributed by atoms with van der Waals surface area (Å²) in [4.78, 5) is 0. The summed E-state index contributed by atoms with van der Waals surface area (Å²) in [5.74, 6) is 0. The van der Waals surface area contributed by atoms with Gasteiger partial charge in [-0.15, -0.1) is 0 Å². The molecule has 0 unspecified atom stereocenters. The van der Waals surface area contributed by atoms with E-state index in [4.69, 9.17) is 4.43 Å². The highest BCUT2D eigenvalue weighted by Gasteiger charge is 2.18. The molecule has 15 heavy (non-hydrogen) atoms. The molecule has 2 heteroatoms. The average Bonchev–Trinajstić information content (AvgIpc) is 2.18. The molecule has 0 aliphatic heterocycles. The second-order valence-corrected chi connectivity index (χ2v) is 8.01. The molecular weight excluding hydrogens is 200 g/mol. The molecule has 0 bridgehead atoms. The van der Waals surface area contributed by atoms with Gasteiger partial charge in [-0.2, -0.15) is 0 Å². The maximum absolute atomic E-state index is 5.78. The van der Waals surface area contributed by atoms with Gasteiger partial charge in [0.1, 0.15) is 0 Å². The van der Waals surface area contributed by atoms with Gasteiger partial charge in [-0.1, -0.05) is 36.0 Å². The summed E-state index contributed by atoms with van der Waals surface area (Å²) in [7, 11) is -1.61. The first-order chi connectivity index (χ1) is 7.05. The lowest BCUT2D eigenvalue weighted by Gasteiger charge is -2.18. The third-order valence-electron chi connectivity index (χ3n) is 2.31. The van der Waals surface area contributed by atoms with Crippen molar-refractivity contribution in [1.29, 1.82) is 0 Å². The fourth-order valence-electron chi connectivity index (χ4n) is 1.72. The van der Waals surface area contributed by atoms with Gasteiger partial charge >= 0.3 is 0 Å². The van der Waals surface area contributed by atoms with Gasteiger partial charge < -0.3 is 4.43 Å². The summed E-state index contributed by atoms with van der Waals surface area (Å²) in [6.07, 6.45) is 0. The molecule has 0 N–H and O–H groups in total. The van der Waals surface area contributed by atoms with Crippen LogP contribution in [0.1, 0.15) is 19.4 Å². The van der Waals surface area contributed by atoms with Crippen LogP contribution in [0.25, 0.3) is 5.57 Å². The molecular formula is C13H20OSi. The van der Waals surface area contributed by atoms with Gasteiger partial charge in [0.2, 0.25) is 8.32 Å². The van der Waals surface area contributed by atoms with Crippen LogP contribution in [0.3, 0.4) is 0 Å². The van der Waals surface area contributed by atoms with E-state index in [1.54, 1.807) is 0 Å². The Morgan fingerprint density at radius 3 is 2.40 bits per heavy atom. The Morgan fingerprint density at radius 1 is 1.27 bits per heavy atom. The minimum absolute atomic E-state index is 0.803. The lowest BCUT2D eigenvalue weighted by molar-refractivity contribution is 0.338. The second kappa shape index (κ2) is 5.28. The zero-order chi connectivity index (χ0) is 11.3. The topological polar surface area (TPSA) is 9.23 Å². The SMILES string of the molecule is CCO[Si](C)(C)C=C(C)c1ccccc1. The zero-order valence-corrected chi connectivity index (χ0v) is 11.1. The molecule has 0 fully saturated rings. The number of hydrogen-bond acceptors (Lipinski definition) is 1. The van der Waals surface area contributed by atoms with Crippen LogP contribution in [0.15, 0.2) is 36.0 Å². The van der Waals surface area contributed by atoms with E-state index >= 15 is 0 Å². The van der Waals surface area contributed by atoms with E-state index in [1.165, 1.54) is 11.1 Å². The normalized spacial score (nSPS) is 12.9. The van der Waals surface area contributed by atoms with Gasteiger partial charge in [0.15, 0.2) is 0 Å². The van der Waals surface area contributed by atoms with Gasteiger partial charge in [0, 0.05) is 6.61 Å². The monoisotopic (exact) mass is 220 g/mol. The van der Waals surface area contributed by atoms with Crippen LogP contribution < -0.4 is 0 Å². The van der Waals surface area contributed by atoms with Crippen LogP contribution in [0.2, 0.25) is 13.1 Å². The van der Waals surface area contributed by atoms with Crippen LogP contribution >= 0.6 is 0 Å². The lowest BCUT2D eigenvalue weighted by atomic mass is 10.1. The third kappa shape index (κ3) is 4.02. The third-order valence-corrected chi connectivity index (χ3v) is 4.47. The summed E-state index contributed by atoms with van der Waals surface area (Å²) in [5.41, 5.74) is 4.92. The predicted octanol–water partition coefficient (Wildman–Crippen LogP) is 3.87. The first kappa shape index (κ1) is 12.2. The van der Waals surface area contributed by atoms with E-state index in [0.717, 1.165) is 6.61 Å². The minimum Gasteiger partial charge on any atom is -0.414 e. The maximum Gasteiger partial charge on any atom is 0.211 e. The first-order valence-corrected chi connectivity index (χ1v) is 8.42. The Morgan fingerprint density at radius 2 is 1.87 bits per heavy atom. The smallest absolute Gasteiger partial charge is 0.211 e. The van der Waals surface area contributed by atoms with Gasteiger partial charge in [0.05, 0.1) is 0 Å². The average molecular weight is 220 g/mol. The Kier molecular flexibility index (Phi) is 4.30. The number of benzene rings is 1. The summed E-state index contributed by atoms with van der Waals surface area (Å²) < 4.78 is 5.78. The van der Waals surface area contributed by atoms with E-state index in [1.807, 2.05) is 6.07 Å². The second-order valence-electron chi connectivity index (χ2n) is 4.23. The van der Waals surface area contributed by atoms with Crippen molar-refractivity contribution in [2.24, 2.45) is 0 Å². The van der Waals surface area contributed by atoms with Gasteiger partial charge in [-0.05, 0) is 38.1 Å². The highest BCUT2D eigenvalue weighted by molar-refractivity contribution is 6.77. The summed E-state index contributed by atoms with van der Waals surface area (Å²) in [6.45, 7) is 9.47. The van der Waals surface area contributed by atoms with Crippen LogP contribution in [0.4, 0.5) is 0 Å². The molecule has 0 saturated carbocycles. The number of rotatable bonds is 4. The van der Waals surface area contributed by atoms with Crippen molar-refractivity contribution in [3.63, 3.8) is 0 Å². The van der Waals surface area contributed by atoms with Crippen molar-refractivity contribution < 1.29 is 4.43 Å². The molecule has 0 spiro atoms. The molecule has 1 rings (SSSR count). The summed E-state index contributed by atoms with van der Waals surface area (Å²) in [6, 6.07) is 10.5. The lowest BCUT2D eigenvalue weighted by Crippen LogP contribution is -2.28. The van der Waals surface area contributed by atoms with E-state index in [-0.39, 0.29) is 0 Å². The van der Waals surface area contributed by atoms with E-state index in [2.05, 4.69) is 56.9 Å². The van der Waals surface area contributed by atoms with Crippen molar-refractivity contribution in [3.05, 3.63) is 41.6 Å². The molecule has 0 heterocycles. The molecule has 0 aromatic heterocycles. The van der Waals surface area contributed by atoms with E-state index in [0.29, 0.717) is 0 Å². The minimum atomic E-state index is -1.61. The Bertz CT molecular complexity index is 328. The van der Waals surface area contributed by atoms with Crippen LogP contribution in [-0.4, -0.2) is 14.9 Å². The highest BCUT2D eigenvalue weighted by atomic mass is 28.4. The van der Waals surface area contributed by atoms with E-state index < -0.39 is 8.32 Å². The van der Waals surface area contributed by atoms with Crippen molar-refractivity contribution in [3.8, 4) is 0 Å². The molecule has 0 saturated heterocycles. The van der Waals surface area contributed by atoms with Gasteiger partial charge in [-0.25, -0.2) is 0 Å². The molecule has 0 amide bonds. The number of hydrogen-bond donors (Lipinski definition) is 0. The Balaban J connectivity index is 2.84. The summed E-state index contributed by atoms with van der Waals surface area (Å²) in [5, 5.41) is 0. The molecule has 0 aliphatic carbocycles. The maximum atomic E-state index is 5.78. The Hall–Kier alpha value is -0.863. The van der Waals surface area contributed by atoms with Gasteiger partial charge in [-0.3, -0.25) is 0 Å². The molecule has 0 radical (unpaired) electrons. The largest absolute Gasteiger partial charge is 0.414 e. The number of allylic oxidation sites excluding steroid dienone is 1. The summed E-state index contributed by atoms with van der Waals surface area (Å²) >= 11 is 0. The molecule has 0 atom stereocenters. The standard InChI is InChI=1S/C13H20OSi/c1-5-14-15(3,4)11-12(2)13-9-7-6-8-10-13/h6-11H,5H2,1-4H3. The van der Waals surface area contributed by atoms with Crippen molar-refractivity contribution >= 4 is 13.9 Å². The van der Waals surface area contributed by atoms with Crippen LogP contribution in [0.5, 0.6) is 0 Å². The molecule has 0 aliphatic rings. The fourth-order valence-corrected chi connectivity index (χ4v) is 3.76. The molecule has 1 aromatic carbocycles. The predicted molar refractivity (Wildman–Crippen MR) is 69.2 cm³/mol. The molecule has 82 valence electrons. The Labute approximate surface area is 93.9 Å². The molecule has 1 aromatic rings. The first-order valence-electron chi connectivity index (χ1n) is 5.44. The highest BCUT2D eigenvalue weighted by Crippen LogP contribution is 2.17. The van der Waals surface area contributed by atoms with Crippen molar-refractivity contribution in [1.82, 2.24) is 0 Å². The van der Waals surface area contributed by atoms with Crippen LogP contribution in [-0.2, 0) is 4.43 Å². The fraction of sp³-hybridized carbons (Fsp3) is 0.385. The molecule has 1 nitrogen and oxygen atoms in total. The quantitative estimate of drug-likeness (QED) is 0.700. The van der Waals surface area contributed by atoms with Crippen LogP contribution in [0, 0.1) is 0 Å². The van der Waals surface area contributed by atoms with Gasteiger partial charge in [0.25, 0.3) is 0 Å².